The van der Waals surface area contributed by atoms with Crippen LogP contribution < -0.4 is 10.2 Å². The second kappa shape index (κ2) is 5.69. The minimum Gasteiger partial charge on any atom is -0.466 e. The lowest BCUT2D eigenvalue weighted by atomic mass is 9.43. The maximum Gasteiger partial charge on any atom is 0.333 e. The van der Waals surface area contributed by atoms with Crippen LogP contribution in [0.2, 0.25) is 0 Å². The second-order valence-corrected chi connectivity index (χ2v) is 8.33. The van der Waals surface area contributed by atoms with Crippen LogP contribution in [-0.4, -0.2) is 50.7 Å². The lowest BCUT2D eigenvalue weighted by molar-refractivity contribution is -0.218. The van der Waals surface area contributed by atoms with Crippen LogP contribution in [0.4, 0.5) is 5.69 Å². The normalized spacial score (nSPS) is 39.5. The molecule has 4 heterocycles. The summed E-state index contributed by atoms with van der Waals surface area (Å²) in [5, 5.41) is 3.61. The lowest BCUT2D eigenvalue weighted by Crippen LogP contribution is -2.82. The number of allylic oxidation sites excluding steroid dienone is 1. The first kappa shape index (κ1) is 18.4. The Kier molecular flexibility index (Phi) is 3.60. The fraction of sp³-hybridized carbons (Fsp3) is 0.500. The number of carbonyl (C=O) groups excluding carboxylic acids is 3. The maximum absolute atomic E-state index is 13.5. The second-order valence-electron chi connectivity index (χ2n) is 8.33. The number of hydrogen-bond donors (Lipinski definition) is 1. The van der Waals surface area contributed by atoms with Crippen LogP contribution in [0.25, 0.3) is 0 Å². The highest BCUT2D eigenvalue weighted by molar-refractivity contribution is 6.03. The molecule has 3 saturated heterocycles. The summed E-state index contributed by atoms with van der Waals surface area (Å²) in [4.78, 5) is 41.1. The molecule has 0 spiro atoms. The van der Waals surface area contributed by atoms with Gasteiger partial charge in [0.2, 0.25) is 0 Å². The number of fused-ring (bicyclic) bond motifs is 3. The van der Waals surface area contributed by atoms with E-state index in [4.69, 9.17) is 9.47 Å². The Labute approximate surface area is 169 Å². The van der Waals surface area contributed by atoms with Gasteiger partial charge in [-0.05, 0) is 37.9 Å². The molecule has 4 fully saturated rings. The summed E-state index contributed by atoms with van der Waals surface area (Å²) < 4.78 is 10.9. The number of nitrogens with one attached hydrogen (secondary N) is 1. The van der Waals surface area contributed by atoms with E-state index in [1.807, 2.05) is 31.3 Å². The predicted octanol–water partition coefficient (Wildman–Crippen LogP) is 1.31. The lowest BCUT2D eigenvalue weighted by Gasteiger charge is -2.64. The molecule has 1 aliphatic carbocycles. The fourth-order valence-electron chi connectivity index (χ4n) is 6.92. The molecular weight excluding hydrogens is 372 g/mol. The summed E-state index contributed by atoms with van der Waals surface area (Å²) in [6, 6.07) is 7.91. The molecule has 1 aromatic rings. The highest BCUT2D eigenvalue weighted by atomic mass is 16.6. The summed E-state index contributed by atoms with van der Waals surface area (Å²) in [5.74, 6) is -1.65. The van der Waals surface area contributed by atoms with Crippen molar-refractivity contribution in [1.29, 1.82) is 0 Å². The Morgan fingerprint density at radius 2 is 2.14 bits per heavy atom. The predicted molar refractivity (Wildman–Crippen MR) is 104 cm³/mol. The fourth-order valence-corrected chi connectivity index (χ4v) is 6.92. The molecule has 5 aliphatic rings. The van der Waals surface area contributed by atoms with Gasteiger partial charge in [0.05, 0.1) is 12.5 Å². The van der Waals surface area contributed by atoms with E-state index < -0.39 is 40.5 Å². The number of anilines is 1. The standard InChI is InChI=1S/C22H24N2O5/c1-4-13(18(26)28-3)15-11-17-22-21(9-10-23-22,20(15,12-25)19(27)29-17)14-7-5-6-8-16(14)24(22)2/h4-8,12,15,17,23H,9-11H2,1-3H3/b13-4+/t15-,17+,20+,21-,22+/m0/s1. The van der Waals surface area contributed by atoms with E-state index in [1.54, 1.807) is 13.0 Å². The molecule has 1 N–H and O–H groups in total. The summed E-state index contributed by atoms with van der Waals surface area (Å²) in [5.41, 5.74) is -0.735. The molecule has 1 aromatic carbocycles. The van der Waals surface area contributed by atoms with Crippen molar-refractivity contribution < 1.29 is 23.9 Å². The first-order valence-corrected chi connectivity index (χ1v) is 9.96. The number of methoxy groups -OCH3 is 1. The Hall–Kier alpha value is -2.67. The number of carbonyl (C=O) groups is 3. The monoisotopic (exact) mass is 396 g/mol. The van der Waals surface area contributed by atoms with E-state index >= 15 is 0 Å². The average Bonchev–Trinajstić information content (AvgIpc) is 3.26. The summed E-state index contributed by atoms with van der Waals surface area (Å²) in [7, 11) is 3.30. The minimum atomic E-state index is -1.51. The van der Waals surface area contributed by atoms with E-state index in [0.29, 0.717) is 25.0 Å². The van der Waals surface area contributed by atoms with Crippen molar-refractivity contribution in [2.75, 3.05) is 25.6 Å². The van der Waals surface area contributed by atoms with E-state index in [-0.39, 0.29) is 0 Å². The number of likely N-dealkylation sites (N-methyl/N-ethyl adjacent to an activating group) is 1. The van der Waals surface area contributed by atoms with Gasteiger partial charge in [0.15, 0.2) is 0 Å². The SMILES string of the molecule is C/C=C(/C(=O)OC)[C@@H]1C[C@H]2OC(=O)[C@]1(C=O)[C@@]13CCN[C@@]21N(C)c1ccccc13. The number of nitrogens with zero attached hydrogens (tertiary/aromatic N) is 1. The number of para-hydroxylation sites is 1. The molecule has 0 radical (unpaired) electrons. The first-order chi connectivity index (χ1) is 14.0. The van der Waals surface area contributed by atoms with E-state index in [9.17, 15) is 14.4 Å². The number of hydrogen-bond acceptors (Lipinski definition) is 7. The number of esters is 2. The van der Waals surface area contributed by atoms with Gasteiger partial charge in [-0.3, -0.25) is 10.1 Å². The molecule has 0 amide bonds. The highest BCUT2D eigenvalue weighted by Crippen LogP contribution is 2.72. The van der Waals surface area contributed by atoms with Gasteiger partial charge >= 0.3 is 11.9 Å². The molecule has 2 bridgehead atoms. The number of benzene rings is 1. The Morgan fingerprint density at radius 3 is 2.83 bits per heavy atom. The average molecular weight is 396 g/mol. The molecule has 1 saturated carbocycles. The van der Waals surface area contributed by atoms with Gasteiger partial charge in [-0.15, -0.1) is 0 Å². The quantitative estimate of drug-likeness (QED) is 0.357. The van der Waals surface area contributed by atoms with Crippen molar-refractivity contribution in [3.63, 3.8) is 0 Å². The summed E-state index contributed by atoms with van der Waals surface area (Å²) >= 11 is 0. The maximum atomic E-state index is 13.5. The number of ether oxygens (including phenoxy) is 2. The van der Waals surface area contributed by atoms with E-state index in [0.717, 1.165) is 17.5 Å². The van der Waals surface area contributed by atoms with Gasteiger partial charge in [-0.2, -0.15) is 0 Å². The van der Waals surface area contributed by atoms with Gasteiger partial charge < -0.3 is 19.2 Å². The van der Waals surface area contributed by atoms with Crippen LogP contribution in [0.5, 0.6) is 0 Å². The summed E-state index contributed by atoms with van der Waals surface area (Å²) in [6.07, 6.45) is 2.90. The molecular formula is C22H24N2O5. The first-order valence-electron chi connectivity index (χ1n) is 9.96. The zero-order chi connectivity index (χ0) is 20.6. The van der Waals surface area contributed by atoms with Gasteiger partial charge in [-0.1, -0.05) is 24.3 Å². The highest BCUT2D eigenvalue weighted by Gasteiger charge is 2.85. The minimum absolute atomic E-state index is 0.364. The van der Waals surface area contributed by atoms with Gasteiger partial charge in [-0.25, -0.2) is 4.79 Å². The third-order valence-corrected chi connectivity index (χ3v) is 7.85. The van der Waals surface area contributed by atoms with Crippen molar-refractivity contribution >= 4 is 23.9 Å². The van der Waals surface area contributed by atoms with E-state index in [1.165, 1.54) is 7.11 Å². The van der Waals surface area contributed by atoms with Crippen LogP contribution in [0.1, 0.15) is 25.3 Å². The zero-order valence-corrected chi connectivity index (χ0v) is 16.7. The molecule has 7 heteroatoms. The topological polar surface area (TPSA) is 84.9 Å². The van der Waals surface area contributed by atoms with Crippen LogP contribution in [-0.2, 0) is 29.3 Å². The zero-order valence-electron chi connectivity index (χ0n) is 16.7. The van der Waals surface area contributed by atoms with Crippen molar-refractivity contribution in [3.8, 4) is 0 Å². The van der Waals surface area contributed by atoms with Crippen molar-refractivity contribution in [2.24, 2.45) is 11.3 Å². The molecule has 0 aromatic heterocycles. The van der Waals surface area contributed by atoms with Crippen molar-refractivity contribution in [2.45, 2.75) is 36.9 Å². The third-order valence-electron chi connectivity index (χ3n) is 7.85. The summed E-state index contributed by atoms with van der Waals surface area (Å²) in [6.45, 7) is 2.39. The molecule has 6 rings (SSSR count). The van der Waals surface area contributed by atoms with Gasteiger partial charge in [0.25, 0.3) is 0 Å². The van der Waals surface area contributed by atoms with Crippen molar-refractivity contribution in [3.05, 3.63) is 41.5 Å². The van der Waals surface area contributed by atoms with Gasteiger partial charge in [0.1, 0.15) is 23.5 Å². The number of aldehydes is 1. The van der Waals surface area contributed by atoms with Crippen LogP contribution in [0.15, 0.2) is 35.9 Å². The third kappa shape index (κ3) is 1.65. The smallest absolute Gasteiger partial charge is 0.333 e. The van der Waals surface area contributed by atoms with Crippen LogP contribution in [0, 0.1) is 11.3 Å². The molecule has 7 nitrogen and oxygen atoms in total. The molecule has 152 valence electrons. The Balaban J connectivity index is 1.85. The van der Waals surface area contributed by atoms with E-state index in [2.05, 4.69) is 10.2 Å². The molecule has 0 unspecified atom stereocenters. The van der Waals surface area contributed by atoms with Crippen LogP contribution >= 0.6 is 0 Å². The molecule has 5 atom stereocenters. The Bertz CT molecular complexity index is 974. The Morgan fingerprint density at radius 1 is 1.38 bits per heavy atom. The van der Waals surface area contributed by atoms with Gasteiger partial charge in [0, 0.05) is 24.2 Å². The van der Waals surface area contributed by atoms with Crippen LogP contribution in [0.3, 0.4) is 0 Å². The molecule has 4 aliphatic heterocycles. The number of rotatable bonds is 3. The largest absolute Gasteiger partial charge is 0.466 e. The molecule has 29 heavy (non-hydrogen) atoms. The van der Waals surface area contributed by atoms with Crippen molar-refractivity contribution in [1.82, 2.24) is 5.32 Å².